The Morgan fingerprint density at radius 2 is 2.00 bits per heavy atom. The first-order valence-corrected chi connectivity index (χ1v) is 10.7. The largest absolute Gasteiger partial charge is 0.389 e. The molecule has 0 spiro atoms. The van der Waals surface area contributed by atoms with Crippen LogP contribution >= 0.6 is 11.3 Å². The zero-order valence-electron chi connectivity index (χ0n) is 17.3. The maximum atomic E-state index is 14.1. The number of nitrogens with two attached hydrogens (primary N) is 2. The Morgan fingerprint density at radius 1 is 1.27 bits per heavy atom. The number of hydrogen-bond donors (Lipinski definition) is 3. The van der Waals surface area contributed by atoms with E-state index in [2.05, 4.69) is 15.4 Å². The molecule has 33 heavy (non-hydrogen) atoms. The Bertz CT molecular complexity index is 1190. The fourth-order valence-corrected chi connectivity index (χ4v) is 4.46. The number of carbonyl (C=O) groups excluding carboxylic acids is 1. The Kier molecular flexibility index (Phi) is 6.36. The average molecular weight is 484 g/mol. The number of hydrogen-bond acceptors (Lipinski definition) is 7. The molecule has 1 saturated heterocycles. The molecule has 176 valence electrons. The highest BCUT2D eigenvalue weighted by Crippen LogP contribution is 2.36. The SMILES string of the molecule is Cn1ncc(NC(=O)c2nc(-c3c(F)ccc(F)c3F)sc2N)c1[C@@H]1CC[C@@H](N)[C@H](F)CO1. The van der Waals surface area contributed by atoms with Crippen LogP contribution < -0.4 is 16.8 Å². The van der Waals surface area contributed by atoms with Gasteiger partial charge in [0.05, 0.1) is 29.7 Å². The average Bonchev–Trinajstić information content (AvgIpc) is 3.28. The van der Waals surface area contributed by atoms with Crippen molar-refractivity contribution in [3.8, 4) is 10.6 Å². The first-order chi connectivity index (χ1) is 15.7. The molecule has 1 amide bonds. The van der Waals surface area contributed by atoms with Crippen LogP contribution in [0.5, 0.6) is 0 Å². The molecule has 13 heteroatoms. The van der Waals surface area contributed by atoms with Crippen molar-refractivity contribution < 1.29 is 27.1 Å². The Morgan fingerprint density at radius 3 is 2.76 bits per heavy atom. The molecule has 1 fully saturated rings. The lowest BCUT2D eigenvalue weighted by Gasteiger charge is -2.17. The standard InChI is InChI=1S/C20H20F4N6O2S/c1-30-17(13-5-4-11(25)10(23)7-32-13)12(6-27-30)28-19(31)16-18(26)33-20(29-16)14-8(21)2-3-9(22)15(14)24/h2-3,6,10-11,13H,4-5,7,25-26H2,1H3,(H,28,31)/t10-,11-,13+/m1/s1. The van der Waals surface area contributed by atoms with Crippen LogP contribution in [0.3, 0.4) is 0 Å². The van der Waals surface area contributed by atoms with Gasteiger partial charge in [-0.1, -0.05) is 11.3 Å². The van der Waals surface area contributed by atoms with E-state index in [-0.39, 0.29) is 28.0 Å². The van der Waals surface area contributed by atoms with Gasteiger partial charge in [-0.25, -0.2) is 22.5 Å². The van der Waals surface area contributed by atoms with E-state index in [1.54, 1.807) is 7.05 Å². The summed E-state index contributed by atoms with van der Waals surface area (Å²) in [6.07, 6.45) is 0.281. The summed E-state index contributed by atoms with van der Waals surface area (Å²) in [5.41, 5.74) is 11.4. The predicted octanol–water partition coefficient (Wildman–Crippen LogP) is 3.31. The molecule has 8 nitrogen and oxygen atoms in total. The number of nitrogens with one attached hydrogen (secondary N) is 1. The van der Waals surface area contributed by atoms with E-state index in [1.165, 1.54) is 10.9 Å². The molecule has 1 aliphatic heterocycles. The van der Waals surface area contributed by atoms with Crippen molar-refractivity contribution in [1.82, 2.24) is 14.8 Å². The van der Waals surface area contributed by atoms with Crippen LogP contribution in [0.25, 0.3) is 10.6 Å². The fourth-order valence-electron chi connectivity index (χ4n) is 3.59. The lowest BCUT2D eigenvalue weighted by atomic mass is 10.0. The summed E-state index contributed by atoms with van der Waals surface area (Å²) < 4.78 is 62.9. The summed E-state index contributed by atoms with van der Waals surface area (Å²) in [6, 6.07) is 0.752. The molecule has 0 bridgehead atoms. The molecule has 0 unspecified atom stereocenters. The van der Waals surface area contributed by atoms with E-state index >= 15 is 0 Å². The van der Waals surface area contributed by atoms with Crippen LogP contribution in [-0.4, -0.2) is 39.5 Å². The first kappa shape index (κ1) is 23.1. The number of ether oxygens (including phenoxy) is 1. The molecule has 0 aliphatic carbocycles. The summed E-state index contributed by atoms with van der Waals surface area (Å²) in [5.74, 6) is -4.50. The van der Waals surface area contributed by atoms with E-state index in [4.69, 9.17) is 16.2 Å². The minimum Gasteiger partial charge on any atom is -0.389 e. The number of amides is 1. The van der Waals surface area contributed by atoms with Gasteiger partial charge in [0.2, 0.25) is 0 Å². The smallest absolute Gasteiger partial charge is 0.277 e. The molecule has 2 aromatic heterocycles. The summed E-state index contributed by atoms with van der Waals surface area (Å²) in [5, 5.41) is 6.33. The number of thiazole rings is 1. The molecule has 0 radical (unpaired) electrons. The fraction of sp³-hybridized carbons (Fsp3) is 0.350. The third-order valence-corrected chi connectivity index (χ3v) is 6.25. The van der Waals surface area contributed by atoms with Gasteiger partial charge in [-0.15, -0.1) is 0 Å². The Labute approximate surface area is 189 Å². The van der Waals surface area contributed by atoms with Gasteiger partial charge in [0.15, 0.2) is 17.3 Å². The van der Waals surface area contributed by atoms with E-state index in [0.717, 1.165) is 6.07 Å². The lowest BCUT2D eigenvalue weighted by molar-refractivity contribution is 0.0247. The molecular formula is C20H20F4N6O2S. The minimum atomic E-state index is -1.43. The highest BCUT2D eigenvalue weighted by Gasteiger charge is 2.30. The molecule has 1 aliphatic rings. The number of halogens is 4. The van der Waals surface area contributed by atoms with Gasteiger partial charge in [0.1, 0.15) is 28.1 Å². The minimum absolute atomic E-state index is 0.118. The van der Waals surface area contributed by atoms with Crippen LogP contribution in [0.2, 0.25) is 0 Å². The maximum Gasteiger partial charge on any atom is 0.277 e. The first-order valence-electron chi connectivity index (χ1n) is 9.92. The lowest BCUT2D eigenvalue weighted by Crippen LogP contribution is -2.32. The number of aryl methyl sites for hydroxylation is 1. The highest BCUT2D eigenvalue weighted by atomic mass is 32.1. The highest BCUT2D eigenvalue weighted by molar-refractivity contribution is 7.19. The second kappa shape index (κ2) is 9.08. The number of benzene rings is 1. The van der Waals surface area contributed by atoms with Crippen LogP contribution in [0.15, 0.2) is 18.3 Å². The van der Waals surface area contributed by atoms with Gasteiger partial charge >= 0.3 is 0 Å². The second-order valence-electron chi connectivity index (χ2n) is 7.55. The summed E-state index contributed by atoms with van der Waals surface area (Å²) in [7, 11) is 1.64. The third-order valence-electron chi connectivity index (χ3n) is 5.35. The van der Waals surface area contributed by atoms with Crippen molar-refractivity contribution in [1.29, 1.82) is 0 Å². The van der Waals surface area contributed by atoms with Gasteiger partial charge < -0.3 is 21.5 Å². The van der Waals surface area contributed by atoms with Crippen molar-refractivity contribution in [2.24, 2.45) is 12.8 Å². The van der Waals surface area contributed by atoms with Crippen molar-refractivity contribution in [3.63, 3.8) is 0 Å². The van der Waals surface area contributed by atoms with E-state index < -0.39 is 47.2 Å². The zero-order valence-corrected chi connectivity index (χ0v) is 18.1. The van der Waals surface area contributed by atoms with E-state index in [1.807, 2.05) is 0 Å². The Balaban J connectivity index is 1.60. The van der Waals surface area contributed by atoms with Gasteiger partial charge in [-0.3, -0.25) is 9.48 Å². The van der Waals surface area contributed by atoms with Crippen LogP contribution in [0.4, 0.5) is 28.3 Å². The number of rotatable bonds is 4. The number of aromatic nitrogens is 3. The van der Waals surface area contributed by atoms with Gasteiger partial charge in [-0.05, 0) is 25.0 Å². The molecule has 0 saturated carbocycles. The molecular weight excluding hydrogens is 464 g/mol. The second-order valence-corrected chi connectivity index (χ2v) is 8.58. The molecule has 3 atom stereocenters. The molecule has 3 heterocycles. The molecule has 4 rings (SSSR count). The summed E-state index contributed by atoms with van der Waals surface area (Å²) in [4.78, 5) is 16.8. The molecule has 5 N–H and O–H groups in total. The number of anilines is 2. The molecule has 1 aromatic carbocycles. The predicted molar refractivity (Wildman–Crippen MR) is 114 cm³/mol. The van der Waals surface area contributed by atoms with Crippen molar-refractivity contribution in [2.45, 2.75) is 31.2 Å². The van der Waals surface area contributed by atoms with Gasteiger partial charge in [0.25, 0.3) is 5.91 Å². The van der Waals surface area contributed by atoms with Crippen molar-refractivity contribution in [3.05, 3.63) is 47.2 Å². The zero-order chi connectivity index (χ0) is 23.9. The number of nitrogen functional groups attached to an aromatic ring is 1. The van der Waals surface area contributed by atoms with Gasteiger partial charge in [0, 0.05) is 13.1 Å². The summed E-state index contributed by atoms with van der Waals surface area (Å²) in [6.45, 7) is -0.197. The number of carbonyl (C=O) groups is 1. The van der Waals surface area contributed by atoms with E-state index in [9.17, 15) is 22.4 Å². The maximum absolute atomic E-state index is 14.1. The van der Waals surface area contributed by atoms with Crippen molar-refractivity contribution >= 4 is 27.9 Å². The van der Waals surface area contributed by atoms with Crippen molar-refractivity contribution in [2.75, 3.05) is 17.7 Å². The van der Waals surface area contributed by atoms with Crippen LogP contribution in [0, 0.1) is 17.5 Å². The van der Waals surface area contributed by atoms with Gasteiger partial charge in [-0.2, -0.15) is 5.10 Å². The third kappa shape index (κ3) is 4.43. The van der Waals surface area contributed by atoms with E-state index in [0.29, 0.717) is 35.9 Å². The quantitative estimate of drug-likeness (QED) is 0.386. The number of alkyl halides is 1. The molecule has 3 aromatic rings. The van der Waals surface area contributed by atoms with Crippen LogP contribution in [-0.2, 0) is 11.8 Å². The van der Waals surface area contributed by atoms with Crippen LogP contribution in [0.1, 0.15) is 35.1 Å². The normalized spacial score (nSPS) is 21.1. The Hall–Kier alpha value is -3.03. The topological polar surface area (TPSA) is 121 Å². The number of nitrogens with zero attached hydrogens (tertiary/aromatic N) is 3. The summed E-state index contributed by atoms with van der Waals surface area (Å²) >= 11 is 0.642. The monoisotopic (exact) mass is 484 g/mol.